The number of methoxy groups -OCH3 is 1. The summed E-state index contributed by atoms with van der Waals surface area (Å²) in [6.45, 7) is 1.05. The largest absolute Gasteiger partial charge is 0.385 e. The molecule has 2 heterocycles. The molecule has 2 aliphatic heterocycles. The van der Waals surface area contributed by atoms with Crippen LogP contribution in [0, 0.1) is 5.82 Å². The van der Waals surface area contributed by atoms with Crippen molar-refractivity contribution in [2.75, 3.05) is 20.3 Å². The van der Waals surface area contributed by atoms with Crippen LogP contribution in [-0.2, 0) is 4.74 Å². The molecule has 0 fully saturated rings. The van der Waals surface area contributed by atoms with Gasteiger partial charge in [-0.2, -0.15) is 9.78 Å². The van der Waals surface area contributed by atoms with Gasteiger partial charge in [-0.1, -0.05) is 18.2 Å². The lowest BCUT2D eigenvalue weighted by molar-refractivity contribution is 0.0948. The maximum absolute atomic E-state index is 14.0. The summed E-state index contributed by atoms with van der Waals surface area (Å²) in [5.41, 5.74) is 1.56. The third kappa shape index (κ3) is 3.50. The summed E-state index contributed by atoms with van der Waals surface area (Å²) < 4.78 is 20.2. The number of aromatic amines is 1. The van der Waals surface area contributed by atoms with E-state index in [1.54, 1.807) is 43.5 Å². The van der Waals surface area contributed by atoms with Crippen molar-refractivity contribution in [3.63, 3.8) is 0 Å². The summed E-state index contributed by atoms with van der Waals surface area (Å²) in [4.78, 5) is 28.0. The number of aromatic nitrogens is 3. The Labute approximate surface area is 165 Å². The quantitative estimate of drug-likeness (QED) is 0.492. The number of halogens is 1. The smallest absolute Gasteiger partial charge is 0.282 e. The second kappa shape index (κ2) is 7.84. The number of ether oxygens (including phenoxy) is 1. The molecular weight excluding hydrogens is 375 g/mol. The number of carbonyl (C=O) groups is 1. The zero-order valence-electron chi connectivity index (χ0n) is 15.7. The van der Waals surface area contributed by atoms with Crippen LogP contribution in [0.2, 0.25) is 0 Å². The van der Waals surface area contributed by atoms with E-state index >= 15 is 0 Å². The van der Waals surface area contributed by atoms with Crippen LogP contribution in [0.1, 0.15) is 16.8 Å². The molecule has 2 aliphatic rings. The first-order chi connectivity index (χ1) is 14.1. The molecule has 148 valence electrons. The first-order valence-electron chi connectivity index (χ1n) is 9.16. The van der Waals surface area contributed by atoms with Crippen molar-refractivity contribution in [2.24, 2.45) is 0 Å². The van der Waals surface area contributed by atoms with Crippen molar-refractivity contribution in [3.05, 3.63) is 70.4 Å². The molecule has 8 heteroatoms. The zero-order chi connectivity index (χ0) is 20.4. The molecule has 4 rings (SSSR count). The van der Waals surface area contributed by atoms with E-state index in [2.05, 4.69) is 15.4 Å². The second-order valence-electron chi connectivity index (χ2n) is 6.58. The van der Waals surface area contributed by atoms with E-state index in [-0.39, 0.29) is 17.0 Å². The van der Waals surface area contributed by atoms with E-state index in [1.165, 1.54) is 16.9 Å². The predicted molar refractivity (Wildman–Crippen MR) is 107 cm³/mol. The number of nitrogens with zero attached hydrogens (tertiary/aromatic N) is 2. The van der Waals surface area contributed by atoms with Crippen LogP contribution in [0.25, 0.3) is 27.8 Å². The maximum Gasteiger partial charge on any atom is 0.282 e. The molecule has 0 radical (unpaired) electrons. The van der Waals surface area contributed by atoms with E-state index in [0.717, 1.165) is 0 Å². The minimum atomic E-state index is -0.418. The number of hydrogen-bond donors (Lipinski definition) is 2. The number of hydrogen-bond acceptors (Lipinski definition) is 4. The van der Waals surface area contributed by atoms with Crippen molar-refractivity contribution in [3.8, 4) is 16.9 Å². The average molecular weight is 394 g/mol. The van der Waals surface area contributed by atoms with Crippen molar-refractivity contribution in [1.29, 1.82) is 0 Å². The number of fused-ring (bicyclic) bond motifs is 3. The SMILES string of the molecule is COCCCNC(=O)c1cccc(-n2nc3c4cccc(F)c4[nH]cc-3c2=O)c1. The van der Waals surface area contributed by atoms with Crippen LogP contribution in [0.15, 0.2) is 53.5 Å². The molecule has 0 aromatic heterocycles. The Bertz CT molecular complexity index is 1210. The average Bonchev–Trinajstić information content (AvgIpc) is 3.08. The molecule has 0 saturated carbocycles. The van der Waals surface area contributed by atoms with Gasteiger partial charge in [0.2, 0.25) is 0 Å². The van der Waals surface area contributed by atoms with E-state index in [0.29, 0.717) is 47.5 Å². The molecule has 0 spiro atoms. The van der Waals surface area contributed by atoms with Gasteiger partial charge in [-0.15, -0.1) is 0 Å². The van der Waals surface area contributed by atoms with Gasteiger partial charge in [0.1, 0.15) is 11.5 Å². The fourth-order valence-corrected chi connectivity index (χ4v) is 3.23. The lowest BCUT2D eigenvalue weighted by atomic mass is 10.1. The Morgan fingerprint density at radius 1 is 1.28 bits per heavy atom. The number of pyridine rings is 1. The van der Waals surface area contributed by atoms with Gasteiger partial charge in [0.25, 0.3) is 11.5 Å². The Morgan fingerprint density at radius 2 is 2.10 bits per heavy atom. The molecule has 2 aromatic rings. The number of H-pyrrole nitrogens is 1. The van der Waals surface area contributed by atoms with Crippen LogP contribution >= 0.6 is 0 Å². The van der Waals surface area contributed by atoms with Gasteiger partial charge in [-0.3, -0.25) is 9.59 Å². The van der Waals surface area contributed by atoms with Crippen molar-refractivity contribution >= 4 is 16.8 Å². The fourth-order valence-electron chi connectivity index (χ4n) is 3.23. The highest BCUT2D eigenvalue weighted by molar-refractivity contribution is 5.95. The molecule has 7 nitrogen and oxygen atoms in total. The van der Waals surface area contributed by atoms with E-state index in [1.807, 2.05) is 0 Å². The van der Waals surface area contributed by atoms with Crippen LogP contribution in [-0.4, -0.2) is 40.9 Å². The van der Waals surface area contributed by atoms with Gasteiger partial charge >= 0.3 is 0 Å². The van der Waals surface area contributed by atoms with Gasteiger partial charge in [-0.05, 0) is 30.7 Å². The molecule has 0 atom stereocenters. The molecular formula is C21H19FN4O3. The second-order valence-corrected chi connectivity index (χ2v) is 6.58. The first-order valence-corrected chi connectivity index (χ1v) is 9.16. The monoisotopic (exact) mass is 394 g/mol. The molecule has 29 heavy (non-hydrogen) atoms. The Kier molecular flexibility index (Phi) is 5.09. The summed E-state index contributed by atoms with van der Waals surface area (Å²) >= 11 is 0. The van der Waals surface area contributed by atoms with Gasteiger partial charge in [-0.25, -0.2) is 4.39 Å². The van der Waals surface area contributed by atoms with Gasteiger partial charge in [0, 0.05) is 37.4 Å². The Hall–Kier alpha value is -3.52. The lowest BCUT2D eigenvalue weighted by Gasteiger charge is -2.06. The highest BCUT2D eigenvalue weighted by Crippen LogP contribution is 2.27. The topological polar surface area (TPSA) is 89.0 Å². The van der Waals surface area contributed by atoms with E-state index < -0.39 is 5.82 Å². The number of rotatable bonds is 6. The highest BCUT2D eigenvalue weighted by atomic mass is 19.1. The zero-order valence-corrected chi connectivity index (χ0v) is 15.7. The standard InChI is InChI=1S/C21H19FN4O3/c1-29-10-4-9-23-20(27)13-5-2-6-14(11-13)26-21(28)16-12-24-19-15(18(16)25-26)7-3-8-17(19)22/h2-3,5-8,11-12,24H,4,9-10H2,1H3,(H,23,27). The summed E-state index contributed by atoms with van der Waals surface area (Å²) in [7, 11) is 1.61. The molecule has 2 aromatic carbocycles. The summed E-state index contributed by atoms with van der Waals surface area (Å²) in [5, 5.41) is 7.74. The normalized spacial score (nSPS) is 11.2. The van der Waals surface area contributed by atoms with E-state index in [4.69, 9.17) is 4.74 Å². The Morgan fingerprint density at radius 3 is 2.93 bits per heavy atom. The highest BCUT2D eigenvalue weighted by Gasteiger charge is 2.20. The number of amides is 1. The lowest BCUT2D eigenvalue weighted by Crippen LogP contribution is -2.25. The minimum absolute atomic E-state index is 0.243. The van der Waals surface area contributed by atoms with Crippen LogP contribution in [0.3, 0.4) is 0 Å². The van der Waals surface area contributed by atoms with Crippen LogP contribution < -0.4 is 10.9 Å². The number of benzene rings is 2. The Balaban J connectivity index is 1.72. The molecule has 2 N–H and O–H groups in total. The maximum atomic E-state index is 14.0. The molecule has 1 amide bonds. The third-order valence-electron chi connectivity index (χ3n) is 4.67. The first kappa shape index (κ1) is 18.8. The van der Waals surface area contributed by atoms with Crippen molar-refractivity contribution in [1.82, 2.24) is 20.1 Å². The summed E-state index contributed by atoms with van der Waals surface area (Å²) in [6, 6.07) is 11.3. The van der Waals surface area contributed by atoms with Crippen molar-refractivity contribution in [2.45, 2.75) is 6.42 Å². The van der Waals surface area contributed by atoms with Crippen LogP contribution in [0.5, 0.6) is 0 Å². The number of carbonyl (C=O) groups excluding carboxylic acids is 1. The number of nitrogens with one attached hydrogen (secondary N) is 2. The number of para-hydroxylation sites is 1. The molecule has 0 saturated heterocycles. The molecule has 0 unspecified atom stereocenters. The minimum Gasteiger partial charge on any atom is -0.385 e. The van der Waals surface area contributed by atoms with Gasteiger partial charge in [0.05, 0.1) is 16.8 Å². The fraction of sp³-hybridized carbons (Fsp3) is 0.190. The molecule has 0 aliphatic carbocycles. The van der Waals surface area contributed by atoms with Crippen molar-refractivity contribution < 1.29 is 13.9 Å². The summed E-state index contributed by atoms with van der Waals surface area (Å²) in [5.74, 6) is -0.661. The van der Waals surface area contributed by atoms with Gasteiger partial charge in [0.15, 0.2) is 0 Å². The van der Waals surface area contributed by atoms with E-state index in [9.17, 15) is 14.0 Å². The predicted octanol–water partition coefficient (Wildman–Crippen LogP) is 2.72. The summed E-state index contributed by atoms with van der Waals surface area (Å²) in [6.07, 6.45) is 2.16. The van der Waals surface area contributed by atoms with Crippen LogP contribution in [0.4, 0.5) is 4.39 Å². The third-order valence-corrected chi connectivity index (χ3v) is 4.67. The van der Waals surface area contributed by atoms with Gasteiger partial charge < -0.3 is 15.0 Å². The molecule has 0 bridgehead atoms.